The Kier molecular flexibility index (Phi) is 4.42. The zero-order valence-electron chi connectivity index (χ0n) is 12.2. The molecule has 1 heterocycles. The van der Waals surface area contributed by atoms with Crippen LogP contribution in [0.2, 0.25) is 0 Å². The van der Waals surface area contributed by atoms with Gasteiger partial charge in [-0.15, -0.1) is 0 Å². The Labute approximate surface area is 124 Å². The summed E-state index contributed by atoms with van der Waals surface area (Å²) >= 11 is 0. The highest BCUT2D eigenvalue weighted by molar-refractivity contribution is 7.92. The summed E-state index contributed by atoms with van der Waals surface area (Å²) < 4.78 is 27.1. The van der Waals surface area contributed by atoms with Gasteiger partial charge >= 0.3 is 0 Å². The summed E-state index contributed by atoms with van der Waals surface area (Å²) in [5, 5.41) is 2.91. The lowest BCUT2D eigenvalue weighted by molar-refractivity contribution is 0.600. The van der Waals surface area contributed by atoms with E-state index in [1.807, 2.05) is 32.9 Å². The van der Waals surface area contributed by atoms with Crippen molar-refractivity contribution in [1.29, 1.82) is 0 Å². The Morgan fingerprint density at radius 3 is 2.38 bits per heavy atom. The van der Waals surface area contributed by atoms with Crippen LogP contribution in [0.15, 0.2) is 35.5 Å². The highest BCUT2D eigenvalue weighted by Crippen LogP contribution is 2.20. The van der Waals surface area contributed by atoms with Gasteiger partial charge in [0.1, 0.15) is 4.90 Å². The van der Waals surface area contributed by atoms with E-state index in [1.165, 1.54) is 12.4 Å². The predicted molar refractivity (Wildman–Crippen MR) is 82.9 cm³/mol. The molecule has 0 bridgehead atoms. The molecule has 21 heavy (non-hydrogen) atoms. The molecule has 0 saturated heterocycles. The van der Waals surface area contributed by atoms with Gasteiger partial charge in [0.15, 0.2) is 0 Å². The average molecular weight is 306 g/mol. The van der Waals surface area contributed by atoms with Crippen molar-refractivity contribution in [1.82, 2.24) is 9.97 Å². The minimum atomic E-state index is -3.68. The van der Waals surface area contributed by atoms with Crippen molar-refractivity contribution >= 4 is 21.7 Å². The number of nitrogens with one attached hydrogen (secondary N) is 2. The van der Waals surface area contributed by atoms with Crippen LogP contribution in [0, 0.1) is 13.8 Å². The van der Waals surface area contributed by atoms with Crippen molar-refractivity contribution in [2.24, 2.45) is 0 Å². The van der Waals surface area contributed by atoms with E-state index < -0.39 is 10.0 Å². The van der Waals surface area contributed by atoms with E-state index in [9.17, 15) is 8.42 Å². The first-order valence-corrected chi connectivity index (χ1v) is 8.06. The molecule has 0 spiro atoms. The molecule has 0 radical (unpaired) electrons. The van der Waals surface area contributed by atoms with Gasteiger partial charge in [-0.05, 0) is 32.4 Å². The molecule has 0 atom stereocenters. The molecule has 0 fully saturated rings. The van der Waals surface area contributed by atoms with E-state index in [0.717, 1.165) is 11.1 Å². The van der Waals surface area contributed by atoms with Gasteiger partial charge in [0, 0.05) is 6.54 Å². The summed E-state index contributed by atoms with van der Waals surface area (Å²) in [4.78, 5) is 7.97. The van der Waals surface area contributed by atoms with Crippen LogP contribution in [-0.4, -0.2) is 24.9 Å². The number of nitrogens with zero attached hydrogens (tertiary/aromatic N) is 2. The summed E-state index contributed by atoms with van der Waals surface area (Å²) in [6.45, 7) is 6.40. The number of rotatable bonds is 5. The lowest BCUT2D eigenvalue weighted by Crippen LogP contribution is -2.15. The number of sulfonamides is 1. The van der Waals surface area contributed by atoms with Crippen LogP contribution in [0.4, 0.5) is 11.6 Å². The largest absolute Gasteiger partial charge is 0.355 e. The fourth-order valence-corrected chi connectivity index (χ4v) is 2.86. The highest BCUT2D eigenvalue weighted by atomic mass is 32.2. The Morgan fingerprint density at radius 2 is 1.81 bits per heavy atom. The fourth-order valence-electron chi connectivity index (χ4n) is 1.84. The second-order valence-corrected chi connectivity index (χ2v) is 6.38. The van der Waals surface area contributed by atoms with Gasteiger partial charge in [0.2, 0.25) is 5.95 Å². The molecule has 6 nitrogen and oxygen atoms in total. The summed E-state index contributed by atoms with van der Waals surface area (Å²) in [6.07, 6.45) is 2.58. The molecule has 2 aromatic rings. The quantitative estimate of drug-likeness (QED) is 0.885. The molecule has 7 heteroatoms. The van der Waals surface area contributed by atoms with Gasteiger partial charge in [-0.3, -0.25) is 4.72 Å². The van der Waals surface area contributed by atoms with E-state index in [0.29, 0.717) is 18.2 Å². The minimum Gasteiger partial charge on any atom is -0.355 e. The molecule has 0 saturated carbocycles. The molecular weight excluding hydrogens is 288 g/mol. The normalized spacial score (nSPS) is 11.2. The standard InChI is InChI=1S/C14H18N4O2S/c1-4-15-14-16-8-12(9-17-14)21(19,20)18-13-6-5-10(2)7-11(13)3/h5-9,18H,4H2,1-3H3,(H,15,16,17). The first-order chi connectivity index (χ1) is 9.92. The van der Waals surface area contributed by atoms with Gasteiger partial charge in [0.25, 0.3) is 10.0 Å². The Balaban J connectivity index is 2.25. The van der Waals surface area contributed by atoms with Crippen molar-refractivity contribution in [2.45, 2.75) is 25.7 Å². The number of anilines is 2. The summed E-state index contributed by atoms with van der Waals surface area (Å²) in [5.74, 6) is 0.406. The Bertz CT molecular complexity index is 727. The van der Waals surface area contributed by atoms with Crippen LogP contribution in [0.3, 0.4) is 0 Å². The van der Waals surface area contributed by atoms with Crippen molar-refractivity contribution in [3.63, 3.8) is 0 Å². The molecule has 0 aliphatic carbocycles. The first kappa shape index (κ1) is 15.2. The lowest BCUT2D eigenvalue weighted by Gasteiger charge is -2.11. The zero-order chi connectivity index (χ0) is 15.5. The summed E-state index contributed by atoms with van der Waals surface area (Å²) in [6, 6.07) is 5.52. The van der Waals surface area contributed by atoms with Gasteiger partial charge in [-0.25, -0.2) is 18.4 Å². The van der Waals surface area contributed by atoms with Crippen LogP contribution in [0.25, 0.3) is 0 Å². The number of aromatic nitrogens is 2. The van der Waals surface area contributed by atoms with Crippen LogP contribution in [-0.2, 0) is 10.0 Å². The van der Waals surface area contributed by atoms with Crippen molar-refractivity contribution in [3.05, 3.63) is 41.7 Å². The van der Waals surface area contributed by atoms with E-state index in [2.05, 4.69) is 20.0 Å². The lowest BCUT2D eigenvalue weighted by atomic mass is 10.1. The SMILES string of the molecule is CCNc1ncc(S(=O)(=O)Nc2ccc(C)cc2C)cn1. The van der Waals surface area contributed by atoms with E-state index in [4.69, 9.17) is 0 Å². The number of hydrogen-bond acceptors (Lipinski definition) is 5. The van der Waals surface area contributed by atoms with Crippen LogP contribution >= 0.6 is 0 Å². The number of hydrogen-bond donors (Lipinski definition) is 2. The third-order valence-corrected chi connectivity index (χ3v) is 4.22. The topological polar surface area (TPSA) is 84.0 Å². The van der Waals surface area contributed by atoms with Gasteiger partial charge in [-0.1, -0.05) is 17.7 Å². The Hall–Kier alpha value is -2.15. The van der Waals surface area contributed by atoms with Crippen molar-refractivity contribution in [2.75, 3.05) is 16.6 Å². The van der Waals surface area contributed by atoms with Crippen molar-refractivity contribution in [3.8, 4) is 0 Å². The second-order valence-electron chi connectivity index (χ2n) is 4.70. The molecule has 0 aliphatic heterocycles. The Morgan fingerprint density at radius 1 is 1.14 bits per heavy atom. The minimum absolute atomic E-state index is 0.0316. The first-order valence-electron chi connectivity index (χ1n) is 6.58. The predicted octanol–water partition coefficient (Wildman–Crippen LogP) is 2.33. The maximum atomic E-state index is 12.3. The van der Waals surface area contributed by atoms with Crippen LogP contribution < -0.4 is 10.0 Å². The molecule has 0 amide bonds. The monoisotopic (exact) mass is 306 g/mol. The summed E-state index contributed by atoms with van der Waals surface area (Å²) in [7, 11) is -3.68. The maximum absolute atomic E-state index is 12.3. The second kappa shape index (κ2) is 6.09. The molecule has 1 aromatic heterocycles. The number of aryl methyl sites for hydroxylation is 2. The third kappa shape index (κ3) is 3.69. The average Bonchev–Trinajstić information content (AvgIpc) is 2.43. The van der Waals surface area contributed by atoms with E-state index in [1.54, 1.807) is 6.07 Å². The van der Waals surface area contributed by atoms with Crippen LogP contribution in [0.5, 0.6) is 0 Å². The van der Waals surface area contributed by atoms with Gasteiger partial charge in [-0.2, -0.15) is 0 Å². The van der Waals surface area contributed by atoms with Crippen LogP contribution in [0.1, 0.15) is 18.1 Å². The molecule has 112 valence electrons. The molecule has 1 aromatic carbocycles. The van der Waals surface area contributed by atoms with E-state index in [-0.39, 0.29) is 4.90 Å². The van der Waals surface area contributed by atoms with Gasteiger partial charge < -0.3 is 5.32 Å². The molecule has 2 rings (SSSR count). The molecule has 0 aliphatic rings. The molecule has 2 N–H and O–H groups in total. The number of benzene rings is 1. The maximum Gasteiger partial charge on any atom is 0.264 e. The fraction of sp³-hybridized carbons (Fsp3) is 0.286. The van der Waals surface area contributed by atoms with E-state index >= 15 is 0 Å². The highest BCUT2D eigenvalue weighted by Gasteiger charge is 2.16. The zero-order valence-corrected chi connectivity index (χ0v) is 13.0. The smallest absolute Gasteiger partial charge is 0.264 e. The summed E-state index contributed by atoms with van der Waals surface area (Å²) in [5.41, 5.74) is 2.49. The van der Waals surface area contributed by atoms with Crippen molar-refractivity contribution < 1.29 is 8.42 Å². The molecular formula is C14H18N4O2S. The third-order valence-electron chi connectivity index (χ3n) is 2.90. The van der Waals surface area contributed by atoms with Gasteiger partial charge in [0.05, 0.1) is 18.1 Å². The molecule has 0 unspecified atom stereocenters.